The molecule has 140 valence electrons. The second-order valence-corrected chi connectivity index (χ2v) is 6.76. The minimum absolute atomic E-state index is 0.128. The fraction of sp³-hybridized carbons (Fsp3) is 0.476. The zero-order chi connectivity index (χ0) is 18.4. The van der Waals surface area contributed by atoms with Crippen LogP contribution < -0.4 is 0 Å². The van der Waals surface area contributed by atoms with Crippen LogP contribution in [0.1, 0.15) is 18.4 Å². The summed E-state index contributed by atoms with van der Waals surface area (Å²) in [6.07, 6.45) is -0.128. The fourth-order valence-electron chi connectivity index (χ4n) is 3.09. The quantitative estimate of drug-likeness (QED) is 0.645. The zero-order valence-electron chi connectivity index (χ0n) is 15.4. The summed E-state index contributed by atoms with van der Waals surface area (Å²) in [7, 11) is 1.57. The Bertz CT molecular complexity index is 720. The molecule has 1 saturated heterocycles. The van der Waals surface area contributed by atoms with Crippen LogP contribution in [0.5, 0.6) is 0 Å². The molecule has 0 N–H and O–H groups in total. The van der Waals surface area contributed by atoms with Gasteiger partial charge in [-0.25, -0.2) is 0 Å². The van der Waals surface area contributed by atoms with Crippen molar-refractivity contribution in [2.24, 2.45) is 5.92 Å². The van der Waals surface area contributed by atoms with Crippen LogP contribution in [0, 0.1) is 5.92 Å². The van der Waals surface area contributed by atoms with E-state index in [4.69, 9.17) is 18.9 Å². The SMILES string of the molecule is COCC(COCC(C)c1cccc2ccccc12)C(=O)OC1COC1. The molecule has 1 aliphatic heterocycles. The Balaban J connectivity index is 1.55. The van der Waals surface area contributed by atoms with Gasteiger partial charge in [-0.15, -0.1) is 0 Å². The molecule has 0 radical (unpaired) electrons. The molecule has 1 fully saturated rings. The predicted molar refractivity (Wildman–Crippen MR) is 99.2 cm³/mol. The highest BCUT2D eigenvalue weighted by atomic mass is 16.6. The standard InChI is InChI=1S/C21H26O5/c1-15(19-9-5-7-16-6-3-4-8-20(16)19)10-24-12-17(11-23-2)21(22)26-18-13-25-14-18/h3-9,15,17-18H,10-14H2,1-2H3. The molecule has 2 unspecified atom stereocenters. The van der Waals surface area contributed by atoms with Gasteiger partial charge in [-0.05, 0) is 16.3 Å². The highest BCUT2D eigenvalue weighted by Crippen LogP contribution is 2.25. The maximum absolute atomic E-state index is 12.2. The molecule has 0 bridgehead atoms. The Hall–Kier alpha value is -1.95. The largest absolute Gasteiger partial charge is 0.457 e. The van der Waals surface area contributed by atoms with Crippen LogP contribution in [-0.4, -0.2) is 52.2 Å². The summed E-state index contributed by atoms with van der Waals surface area (Å²) in [6.45, 7) is 4.20. The maximum Gasteiger partial charge on any atom is 0.314 e. The lowest BCUT2D eigenvalue weighted by atomic mass is 9.95. The zero-order valence-corrected chi connectivity index (χ0v) is 15.4. The molecule has 5 heteroatoms. The Morgan fingerprint density at radius 1 is 1.12 bits per heavy atom. The van der Waals surface area contributed by atoms with E-state index < -0.39 is 5.92 Å². The van der Waals surface area contributed by atoms with Gasteiger partial charge in [-0.3, -0.25) is 4.79 Å². The van der Waals surface area contributed by atoms with Crippen molar-refractivity contribution in [1.29, 1.82) is 0 Å². The molecule has 2 atom stereocenters. The van der Waals surface area contributed by atoms with E-state index in [0.29, 0.717) is 19.8 Å². The first-order valence-corrected chi connectivity index (χ1v) is 9.01. The number of hydrogen-bond donors (Lipinski definition) is 0. The first kappa shape index (κ1) is 18.8. The number of carbonyl (C=O) groups is 1. The van der Waals surface area contributed by atoms with Crippen LogP contribution >= 0.6 is 0 Å². The van der Waals surface area contributed by atoms with E-state index in [1.165, 1.54) is 16.3 Å². The summed E-state index contributed by atoms with van der Waals surface area (Å²) in [6, 6.07) is 14.7. The van der Waals surface area contributed by atoms with E-state index in [9.17, 15) is 4.79 Å². The van der Waals surface area contributed by atoms with Gasteiger partial charge >= 0.3 is 5.97 Å². The van der Waals surface area contributed by atoms with Gasteiger partial charge in [0.05, 0.1) is 33.0 Å². The monoisotopic (exact) mass is 358 g/mol. The Kier molecular flexibility index (Phi) is 6.61. The number of fused-ring (bicyclic) bond motifs is 1. The molecule has 5 nitrogen and oxygen atoms in total. The van der Waals surface area contributed by atoms with Gasteiger partial charge in [0, 0.05) is 13.0 Å². The average Bonchev–Trinajstić information content (AvgIpc) is 2.63. The van der Waals surface area contributed by atoms with Crippen molar-refractivity contribution in [3.8, 4) is 0 Å². The van der Waals surface area contributed by atoms with Gasteiger partial charge in [0.25, 0.3) is 0 Å². The third kappa shape index (κ3) is 4.61. The van der Waals surface area contributed by atoms with E-state index in [2.05, 4.69) is 37.3 Å². The Labute approximate surface area is 154 Å². The summed E-state index contributed by atoms with van der Waals surface area (Å²) in [5, 5.41) is 2.46. The Morgan fingerprint density at radius 3 is 2.62 bits per heavy atom. The summed E-state index contributed by atoms with van der Waals surface area (Å²) in [5.41, 5.74) is 1.25. The van der Waals surface area contributed by atoms with Crippen LogP contribution in [0.25, 0.3) is 10.8 Å². The lowest BCUT2D eigenvalue weighted by molar-refractivity contribution is -0.180. The van der Waals surface area contributed by atoms with E-state index in [-0.39, 0.29) is 31.2 Å². The maximum atomic E-state index is 12.2. The molecular formula is C21H26O5. The van der Waals surface area contributed by atoms with Gasteiger partial charge in [0.1, 0.15) is 12.0 Å². The van der Waals surface area contributed by atoms with Gasteiger partial charge in [-0.2, -0.15) is 0 Å². The first-order valence-electron chi connectivity index (χ1n) is 9.01. The van der Waals surface area contributed by atoms with E-state index in [1.807, 2.05) is 12.1 Å². The summed E-state index contributed by atoms with van der Waals surface area (Å²) in [5.74, 6) is -0.473. The summed E-state index contributed by atoms with van der Waals surface area (Å²) in [4.78, 5) is 12.2. The lowest BCUT2D eigenvalue weighted by Gasteiger charge is -2.27. The summed E-state index contributed by atoms with van der Waals surface area (Å²) < 4.78 is 21.4. The first-order chi connectivity index (χ1) is 12.7. The van der Waals surface area contributed by atoms with Gasteiger partial charge in [-0.1, -0.05) is 49.4 Å². The van der Waals surface area contributed by atoms with Crippen LogP contribution in [0.3, 0.4) is 0 Å². The van der Waals surface area contributed by atoms with Crippen molar-refractivity contribution in [3.05, 3.63) is 48.0 Å². The average molecular weight is 358 g/mol. The molecule has 0 aliphatic carbocycles. The number of methoxy groups -OCH3 is 1. The molecule has 0 saturated carbocycles. The van der Waals surface area contributed by atoms with Crippen molar-refractivity contribution in [3.63, 3.8) is 0 Å². The molecule has 2 aromatic carbocycles. The molecule has 1 aliphatic rings. The predicted octanol–water partition coefficient (Wildman–Crippen LogP) is 3.16. The van der Waals surface area contributed by atoms with Crippen LogP contribution in [-0.2, 0) is 23.7 Å². The minimum atomic E-state index is -0.416. The third-order valence-corrected chi connectivity index (χ3v) is 4.63. The van der Waals surface area contributed by atoms with Crippen molar-refractivity contribution in [2.45, 2.75) is 18.9 Å². The molecule has 0 aromatic heterocycles. The molecule has 3 rings (SSSR count). The third-order valence-electron chi connectivity index (χ3n) is 4.63. The van der Waals surface area contributed by atoms with E-state index in [1.54, 1.807) is 7.11 Å². The topological polar surface area (TPSA) is 54.0 Å². The molecular weight excluding hydrogens is 332 g/mol. The number of benzene rings is 2. The van der Waals surface area contributed by atoms with Crippen molar-refractivity contribution >= 4 is 16.7 Å². The molecule has 2 aromatic rings. The van der Waals surface area contributed by atoms with Gasteiger partial charge in [0.2, 0.25) is 0 Å². The molecule has 0 amide bonds. The lowest BCUT2D eigenvalue weighted by Crippen LogP contribution is -2.40. The Morgan fingerprint density at radius 2 is 1.88 bits per heavy atom. The normalized spacial score (nSPS) is 16.8. The van der Waals surface area contributed by atoms with E-state index >= 15 is 0 Å². The number of hydrogen-bond acceptors (Lipinski definition) is 5. The molecule has 0 spiro atoms. The van der Waals surface area contributed by atoms with Crippen LogP contribution in [0.15, 0.2) is 42.5 Å². The van der Waals surface area contributed by atoms with Crippen molar-refractivity contribution < 1.29 is 23.7 Å². The molecule has 1 heterocycles. The molecule has 26 heavy (non-hydrogen) atoms. The van der Waals surface area contributed by atoms with Gasteiger partial charge < -0.3 is 18.9 Å². The van der Waals surface area contributed by atoms with Crippen molar-refractivity contribution in [1.82, 2.24) is 0 Å². The van der Waals surface area contributed by atoms with Crippen LogP contribution in [0.2, 0.25) is 0 Å². The summed E-state index contributed by atoms with van der Waals surface area (Å²) >= 11 is 0. The number of ether oxygens (including phenoxy) is 4. The second-order valence-electron chi connectivity index (χ2n) is 6.76. The van der Waals surface area contributed by atoms with E-state index in [0.717, 1.165) is 0 Å². The highest BCUT2D eigenvalue weighted by Gasteiger charge is 2.28. The van der Waals surface area contributed by atoms with Crippen molar-refractivity contribution in [2.75, 3.05) is 40.1 Å². The number of esters is 1. The minimum Gasteiger partial charge on any atom is -0.457 e. The highest BCUT2D eigenvalue weighted by molar-refractivity contribution is 5.86. The second kappa shape index (κ2) is 9.12. The van der Waals surface area contributed by atoms with Crippen LogP contribution in [0.4, 0.5) is 0 Å². The fourth-order valence-corrected chi connectivity index (χ4v) is 3.09. The number of rotatable bonds is 9. The smallest absolute Gasteiger partial charge is 0.314 e. The van der Waals surface area contributed by atoms with Gasteiger partial charge in [0.15, 0.2) is 0 Å². The number of carbonyl (C=O) groups excluding carboxylic acids is 1.